The molecule has 25 heavy (non-hydrogen) atoms. The van der Waals surface area contributed by atoms with Crippen LogP contribution in [0.3, 0.4) is 0 Å². The van der Waals surface area contributed by atoms with Crippen LogP contribution in [-0.4, -0.2) is 11.8 Å². The normalized spacial score (nSPS) is 10.1. The summed E-state index contributed by atoms with van der Waals surface area (Å²) in [5.41, 5.74) is 7.59. The zero-order valence-corrected chi connectivity index (χ0v) is 14.8. The smallest absolute Gasteiger partial charge is 0.267 e. The minimum atomic E-state index is -0.391. The summed E-state index contributed by atoms with van der Waals surface area (Å²) in [4.78, 5) is 24.7. The largest absolute Gasteiger partial charge is 0.270 e. The molecule has 3 aromatic rings. The molecular formula is C20H15BrN2O2. The number of hydrogen-bond donors (Lipinski definition) is 2. The van der Waals surface area contributed by atoms with E-state index < -0.39 is 5.91 Å². The van der Waals surface area contributed by atoms with E-state index >= 15 is 0 Å². The molecular weight excluding hydrogens is 380 g/mol. The van der Waals surface area contributed by atoms with Gasteiger partial charge in [-0.05, 0) is 45.3 Å². The van der Waals surface area contributed by atoms with Gasteiger partial charge < -0.3 is 0 Å². The Morgan fingerprint density at radius 1 is 0.640 bits per heavy atom. The summed E-state index contributed by atoms with van der Waals surface area (Å²) in [6.07, 6.45) is 0. The van der Waals surface area contributed by atoms with Gasteiger partial charge in [0.15, 0.2) is 0 Å². The highest BCUT2D eigenvalue weighted by Gasteiger charge is 2.14. The highest BCUT2D eigenvalue weighted by atomic mass is 79.9. The zero-order valence-electron chi connectivity index (χ0n) is 13.2. The third-order valence-electron chi connectivity index (χ3n) is 3.66. The summed E-state index contributed by atoms with van der Waals surface area (Å²) in [6.45, 7) is 0. The van der Waals surface area contributed by atoms with Crippen LogP contribution in [0.4, 0.5) is 0 Å². The van der Waals surface area contributed by atoms with Gasteiger partial charge in [-0.3, -0.25) is 20.4 Å². The molecule has 2 N–H and O–H groups in total. The maximum Gasteiger partial charge on any atom is 0.270 e. The number of halogens is 1. The summed E-state index contributed by atoms with van der Waals surface area (Å²) < 4.78 is 0.659. The molecule has 0 saturated heterocycles. The van der Waals surface area contributed by atoms with Crippen molar-refractivity contribution in [2.75, 3.05) is 0 Å². The van der Waals surface area contributed by atoms with Crippen molar-refractivity contribution in [1.29, 1.82) is 0 Å². The van der Waals surface area contributed by atoms with Crippen LogP contribution in [0.15, 0.2) is 83.3 Å². The summed E-state index contributed by atoms with van der Waals surface area (Å²) in [6, 6.07) is 23.9. The second-order valence-corrected chi connectivity index (χ2v) is 6.15. The van der Waals surface area contributed by atoms with Crippen molar-refractivity contribution in [2.45, 2.75) is 0 Å². The van der Waals surface area contributed by atoms with E-state index in [2.05, 4.69) is 26.8 Å². The fraction of sp³-hybridized carbons (Fsp3) is 0. The molecule has 124 valence electrons. The Morgan fingerprint density at radius 2 is 1.16 bits per heavy atom. The fourth-order valence-corrected chi connectivity index (χ4v) is 2.91. The Balaban J connectivity index is 1.77. The first-order chi connectivity index (χ1) is 12.2. The first-order valence-electron chi connectivity index (χ1n) is 7.66. The predicted molar refractivity (Wildman–Crippen MR) is 101 cm³/mol. The van der Waals surface area contributed by atoms with Crippen LogP contribution in [0.5, 0.6) is 0 Å². The Kier molecular flexibility index (Phi) is 5.26. The van der Waals surface area contributed by atoms with Gasteiger partial charge in [0.25, 0.3) is 11.8 Å². The van der Waals surface area contributed by atoms with E-state index in [1.807, 2.05) is 48.5 Å². The number of hydrogen-bond acceptors (Lipinski definition) is 2. The minimum absolute atomic E-state index is 0.375. The maximum atomic E-state index is 12.5. The topological polar surface area (TPSA) is 58.2 Å². The van der Waals surface area contributed by atoms with E-state index in [0.717, 1.165) is 11.1 Å². The molecule has 0 spiro atoms. The van der Waals surface area contributed by atoms with Crippen LogP contribution in [-0.2, 0) is 0 Å². The van der Waals surface area contributed by atoms with Crippen molar-refractivity contribution in [3.8, 4) is 11.1 Å². The quantitative estimate of drug-likeness (QED) is 0.654. The lowest BCUT2D eigenvalue weighted by molar-refractivity contribution is 0.0846. The Morgan fingerprint density at radius 3 is 1.84 bits per heavy atom. The minimum Gasteiger partial charge on any atom is -0.267 e. The molecule has 0 unspecified atom stereocenters. The third-order valence-corrected chi connectivity index (χ3v) is 4.36. The Hall–Kier alpha value is -2.92. The van der Waals surface area contributed by atoms with Crippen molar-refractivity contribution < 1.29 is 9.59 Å². The molecule has 0 atom stereocenters. The van der Waals surface area contributed by atoms with E-state index in [1.54, 1.807) is 30.3 Å². The van der Waals surface area contributed by atoms with Gasteiger partial charge in [0.2, 0.25) is 0 Å². The molecule has 0 aliphatic rings. The average molecular weight is 395 g/mol. The average Bonchev–Trinajstić information content (AvgIpc) is 2.67. The van der Waals surface area contributed by atoms with Crippen LogP contribution in [0.2, 0.25) is 0 Å². The van der Waals surface area contributed by atoms with Crippen molar-refractivity contribution in [3.63, 3.8) is 0 Å². The second-order valence-electron chi connectivity index (χ2n) is 5.30. The van der Waals surface area contributed by atoms with Gasteiger partial charge in [-0.2, -0.15) is 0 Å². The van der Waals surface area contributed by atoms with Gasteiger partial charge in [0.1, 0.15) is 0 Å². The number of carbonyl (C=O) groups is 2. The number of amides is 2. The lowest BCUT2D eigenvalue weighted by atomic mass is 9.99. The summed E-state index contributed by atoms with van der Waals surface area (Å²) >= 11 is 3.32. The van der Waals surface area contributed by atoms with E-state index in [-0.39, 0.29) is 5.91 Å². The molecule has 5 heteroatoms. The van der Waals surface area contributed by atoms with Crippen LogP contribution in [0.1, 0.15) is 20.7 Å². The molecule has 3 aromatic carbocycles. The van der Waals surface area contributed by atoms with Crippen molar-refractivity contribution in [3.05, 3.63) is 94.5 Å². The van der Waals surface area contributed by atoms with Crippen molar-refractivity contribution in [2.24, 2.45) is 0 Å². The summed E-state index contributed by atoms with van der Waals surface area (Å²) in [5.74, 6) is -0.766. The van der Waals surface area contributed by atoms with Crippen molar-refractivity contribution >= 4 is 27.7 Å². The molecule has 0 radical (unpaired) electrons. The van der Waals surface area contributed by atoms with Crippen LogP contribution < -0.4 is 10.9 Å². The SMILES string of the molecule is O=C(NNC(=O)c1ccccc1-c1ccccc1)c1ccccc1Br. The van der Waals surface area contributed by atoms with Gasteiger partial charge in [0, 0.05) is 10.0 Å². The van der Waals surface area contributed by atoms with Gasteiger partial charge in [-0.1, -0.05) is 60.7 Å². The molecule has 0 heterocycles. The predicted octanol–water partition coefficient (Wildman–Crippen LogP) is 4.19. The molecule has 0 bridgehead atoms. The Labute approximate surface area is 154 Å². The number of rotatable bonds is 3. The standard InChI is InChI=1S/C20H15BrN2O2/c21-18-13-7-6-12-17(18)20(25)23-22-19(24)16-11-5-4-10-15(16)14-8-2-1-3-9-14/h1-13H,(H,22,24)(H,23,25). The van der Waals surface area contributed by atoms with E-state index in [4.69, 9.17) is 0 Å². The molecule has 0 saturated carbocycles. The number of benzene rings is 3. The molecule has 0 aliphatic carbocycles. The molecule has 4 nitrogen and oxygen atoms in total. The Bertz CT molecular complexity index is 910. The second kappa shape index (κ2) is 7.77. The van der Waals surface area contributed by atoms with Gasteiger partial charge >= 0.3 is 0 Å². The third kappa shape index (κ3) is 3.95. The molecule has 0 aliphatic heterocycles. The first-order valence-corrected chi connectivity index (χ1v) is 8.46. The van der Waals surface area contributed by atoms with Crippen LogP contribution in [0.25, 0.3) is 11.1 Å². The highest BCUT2D eigenvalue weighted by Crippen LogP contribution is 2.23. The van der Waals surface area contributed by atoms with E-state index in [9.17, 15) is 9.59 Å². The lowest BCUT2D eigenvalue weighted by Crippen LogP contribution is -2.41. The molecule has 2 amide bonds. The van der Waals surface area contributed by atoms with E-state index in [1.165, 1.54) is 0 Å². The molecule has 0 fully saturated rings. The maximum absolute atomic E-state index is 12.5. The lowest BCUT2D eigenvalue weighted by Gasteiger charge is -2.12. The number of nitrogens with one attached hydrogen (secondary N) is 2. The van der Waals surface area contributed by atoms with Gasteiger partial charge in [0.05, 0.1) is 5.56 Å². The molecule has 3 rings (SSSR count). The van der Waals surface area contributed by atoms with Gasteiger partial charge in [-0.25, -0.2) is 0 Å². The zero-order chi connectivity index (χ0) is 17.6. The molecule has 0 aromatic heterocycles. The van der Waals surface area contributed by atoms with Crippen molar-refractivity contribution in [1.82, 2.24) is 10.9 Å². The summed E-state index contributed by atoms with van der Waals surface area (Å²) in [7, 11) is 0. The van der Waals surface area contributed by atoms with Crippen LogP contribution in [0, 0.1) is 0 Å². The number of carbonyl (C=O) groups excluding carboxylic acids is 2. The summed E-state index contributed by atoms with van der Waals surface area (Å²) in [5, 5.41) is 0. The number of hydrazine groups is 1. The highest BCUT2D eigenvalue weighted by molar-refractivity contribution is 9.10. The first kappa shape index (κ1) is 16.9. The fourth-order valence-electron chi connectivity index (χ4n) is 2.44. The van der Waals surface area contributed by atoms with Gasteiger partial charge in [-0.15, -0.1) is 0 Å². The monoisotopic (exact) mass is 394 g/mol. The van der Waals surface area contributed by atoms with Crippen LogP contribution >= 0.6 is 15.9 Å². The van der Waals surface area contributed by atoms with E-state index in [0.29, 0.717) is 15.6 Å².